The normalized spacial score (nSPS) is 11.4. The molecule has 0 saturated carbocycles. The summed E-state index contributed by atoms with van der Waals surface area (Å²) in [6.07, 6.45) is 0. The molecule has 2 rings (SSSR count). The van der Waals surface area contributed by atoms with Crippen molar-refractivity contribution in [3.8, 4) is 5.75 Å². The van der Waals surface area contributed by atoms with Gasteiger partial charge in [-0.05, 0) is 36.4 Å². The zero-order chi connectivity index (χ0) is 18.6. The van der Waals surface area contributed by atoms with Crippen molar-refractivity contribution in [2.75, 3.05) is 20.7 Å². The Labute approximate surface area is 153 Å². The molecule has 0 spiro atoms. The topological polar surface area (TPSA) is 90.0 Å². The minimum atomic E-state index is -3.82. The van der Waals surface area contributed by atoms with Crippen LogP contribution in [0.1, 0.15) is 10.4 Å². The van der Waals surface area contributed by atoms with Gasteiger partial charge in [-0.1, -0.05) is 11.6 Å². The van der Waals surface area contributed by atoms with Gasteiger partial charge in [0.25, 0.3) is 10.0 Å². The SMILES string of the molecule is COC(=O)c1ccc(OC(=O)CN(C)S(=O)(=O)c2ccc(Cl)s2)cc1. The Morgan fingerprint density at radius 2 is 1.80 bits per heavy atom. The summed E-state index contributed by atoms with van der Waals surface area (Å²) in [5.41, 5.74) is 0.302. The molecule has 1 aromatic heterocycles. The van der Waals surface area contributed by atoms with E-state index in [9.17, 15) is 18.0 Å². The lowest BCUT2D eigenvalue weighted by Gasteiger charge is -2.15. The van der Waals surface area contributed by atoms with Crippen molar-refractivity contribution in [3.05, 3.63) is 46.3 Å². The first-order valence-corrected chi connectivity index (χ1v) is 9.48. The molecule has 0 atom stereocenters. The maximum absolute atomic E-state index is 12.3. The molecular formula is C15H14ClNO6S2. The van der Waals surface area contributed by atoms with Gasteiger partial charge in [0.2, 0.25) is 0 Å². The van der Waals surface area contributed by atoms with Crippen molar-refractivity contribution < 1.29 is 27.5 Å². The quantitative estimate of drug-likeness (QED) is 0.543. The second-order valence-electron chi connectivity index (χ2n) is 4.81. The molecule has 7 nitrogen and oxygen atoms in total. The van der Waals surface area contributed by atoms with Crippen molar-refractivity contribution in [2.45, 2.75) is 4.21 Å². The average molecular weight is 404 g/mol. The van der Waals surface area contributed by atoms with Crippen LogP contribution >= 0.6 is 22.9 Å². The smallest absolute Gasteiger partial charge is 0.337 e. The van der Waals surface area contributed by atoms with Gasteiger partial charge in [-0.15, -0.1) is 11.3 Å². The van der Waals surface area contributed by atoms with Gasteiger partial charge in [-0.2, -0.15) is 4.31 Å². The number of likely N-dealkylation sites (N-methyl/N-ethyl adjacent to an activating group) is 1. The minimum absolute atomic E-state index is 0.0373. The van der Waals surface area contributed by atoms with Crippen LogP contribution in [-0.4, -0.2) is 45.4 Å². The lowest BCUT2D eigenvalue weighted by molar-refractivity contribution is -0.134. The highest BCUT2D eigenvalue weighted by Crippen LogP contribution is 2.27. The summed E-state index contributed by atoms with van der Waals surface area (Å²) in [5.74, 6) is -1.10. The molecule has 0 bridgehead atoms. The van der Waals surface area contributed by atoms with Crippen LogP contribution in [0.15, 0.2) is 40.6 Å². The first kappa shape index (κ1) is 19.4. The number of nitrogens with zero attached hydrogens (tertiary/aromatic N) is 1. The average Bonchev–Trinajstić information content (AvgIpc) is 3.02. The third kappa shape index (κ3) is 4.79. The molecule has 1 aromatic carbocycles. The largest absolute Gasteiger partial charge is 0.465 e. The summed E-state index contributed by atoms with van der Waals surface area (Å²) in [4.78, 5) is 23.3. The van der Waals surface area contributed by atoms with Gasteiger partial charge in [0.1, 0.15) is 16.5 Å². The number of benzene rings is 1. The van der Waals surface area contributed by atoms with Gasteiger partial charge in [0.05, 0.1) is 17.0 Å². The molecule has 1 heterocycles. The molecule has 0 radical (unpaired) electrons. The van der Waals surface area contributed by atoms with Gasteiger partial charge in [-0.25, -0.2) is 13.2 Å². The van der Waals surface area contributed by atoms with E-state index < -0.39 is 28.5 Å². The molecule has 0 aliphatic rings. The molecule has 0 fully saturated rings. The second kappa shape index (κ2) is 7.96. The predicted molar refractivity (Wildman–Crippen MR) is 92.6 cm³/mol. The number of methoxy groups -OCH3 is 1. The summed E-state index contributed by atoms with van der Waals surface area (Å²) in [6.45, 7) is -0.476. The third-order valence-corrected chi connectivity index (χ3v) is 6.57. The van der Waals surface area contributed by atoms with E-state index in [1.807, 2.05) is 0 Å². The Bertz CT molecular complexity index is 876. The number of carbonyl (C=O) groups is 2. The van der Waals surface area contributed by atoms with Crippen LogP contribution in [0.3, 0.4) is 0 Å². The molecule has 0 aliphatic carbocycles. The first-order chi connectivity index (χ1) is 11.7. The lowest BCUT2D eigenvalue weighted by Crippen LogP contribution is -2.33. The zero-order valence-corrected chi connectivity index (χ0v) is 15.7. The number of sulfonamides is 1. The van der Waals surface area contributed by atoms with E-state index in [4.69, 9.17) is 16.3 Å². The highest BCUT2D eigenvalue weighted by Gasteiger charge is 2.25. The lowest BCUT2D eigenvalue weighted by atomic mass is 10.2. The number of rotatable bonds is 6. The van der Waals surface area contributed by atoms with Crippen LogP contribution in [0.2, 0.25) is 4.34 Å². The monoisotopic (exact) mass is 403 g/mol. The Balaban J connectivity index is 2.01. The Kier molecular flexibility index (Phi) is 6.17. The molecular weight excluding hydrogens is 390 g/mol. The zero-order valence-electron chi connectivity index (χ0n) is 13.3. The van der Waals surface area contributed by atoms with Gasteiger partial charge in [0.15, 0.2) is 0 Å². The van der Waals surface area contributed by atoms with Crippen LogP contribution in [0.5, 0.6) is 5.75 Å². The molecule has 2 aromatic rings. The second-order valence-corrected chi connectivity index (χ2v) is 8.80. The molecule has 25 heavy (non-hydrogen) atoms. The van der Waals surface area contributed by atoms with Crippen LogP contribution < -0.4 is 4.74 Å². The fourth-order valence-electron chi connectivity index (χ4n) is 1.80. The van der Waals surface area contributed by atoms with Crippen molar-refractivity contribution in [1.82, 2.24) is 4.31 Å². The van der Waals surface area contributed by atoms with Gasteiger partial charge >= 0.3 is 11.9 Å². The number of carbonyl (C=O) groups excluding carboxylic acids is 2. The number of hydrogen-bond acceptors (Lipinski definition) is 7. The summed E-state index contributed by atoms with van der Waals surface area (Å²) >= 11 is 6.64. The Morgan fingerprint density at radius 1 is 1.16 bits per heavy atom. The standard InChI is InChI=1S/C15H14ClNO6S2/c1-17(25(20,21)14-8-7-12(16)24-14)9-13(18)23-11-5-3-10(4-6-11)15(19)22-2/h3-8H,9H2,1-2H3. The number of hydrogen-bond donors (Lipinski definition) is 0. The van der Waals surface area contributed by atoms with Crippen LogP contribution in [0, 0.1) is 0 Å². The first-order valence-electron chi connectivity index (χ1n) is 6.85. The number of thiophene rings is 1. The molecule has 0 unspecified atom stereocenters. The summed E-state index contributed by atoms with van der Waals surface area (Å²) in [5, 5.41) is 0. The minimum Gasteiger partial charge on any atom is -0.465 e. The van der Waals surface area contributed by atoms with Gasteiger partial charge in [-0.3, -0.25) is 4.79 Å². The molecule has 10 heteroatoms. The van der Waals surface area contributed by atoms with E-state index >= 15 is 0 Å². The van der Waals surface area contributed by atoms with Crippen molar-refractivity contribution in [3.63, 3.8) is 0 Å². The fourth-order valence-corrected chi connectivity index (χ4v) is 4.61. The summed E-state index contributed by atoms with van der Waals surface area (Å²) in [7, 11) is -1.30. The van der Waals surface area contributed by atoms with Crippen molar-refractivity contribution >= 4 is 44.9 Å². The highest BCUT2D eigenvalue weighted by atomic mass is 35.5. The summed E-state index contributed by atoms with van der Waals surface area (Å²) < 4.78 is 35.5. The fraction of sp³-hybridized carbons (Fsp3) is 0.200. The maximum Gasteiger partial charge on any atom is 0.337 e. The van der Waals surface area contributed by atoms with Crippen LogP contribution in [-0.2, 0) is 19.6 Å². The highest BCUT2D eigenvalue weighted by molar-refractivity contribution is 7.91. The van der Waals surface area contributed by atoms with Crippen LogP contribution in [0.25, 0.3) is 0 Å². The van der Waals surface area contributed by atoms with E-state index in [1.54, 1.807) is 0 Å². The van der Waals surface area contributed by atoms with Crippen molar-refractivity contribution in [1.29, 1.82) is 0 Å². The van der Waals surface area contributed by atoms with Crippen LogP contribution in [0.4, 0.5) is 0 Å². The predicted octanol–water partition coefficient (Wildman–Crippen LogP) is 2.41. The van der Waals surface area contributed by atoms with E-state index in [0.717, 1.165) is 15.6 Å². The number of halogens is 1. The van der Waals surface area contributed by atoms with E-state index in [0.29, 0.717) is 9.90 Å². The molecule has 0 saturated heterocycles. The molecule has 134 valence electrons. The molecule has 0 aliphatic heterocycles. The maximum atomic E-state index is 12.3. The van der Waals surface area contributed by atoms with Gasteiger partial charge in [0, 0.05) is 7.05 Å². The molecule has 0 N–H and O–H groups in total. The Hall–Kier alpha value is -1.94. The summed E-state index contributed by atoms with van der Waals surface area (Å²) in [6, 6.07) is 8.53. The van der Waals surface area contributed by atoms with Gasteiger partial charge < -0.3 is 9.47 Å². The van der Waals surface area contributed by atoms with E-state index in [1.165, 1.54) is 50.6 Å². The third-order valence-electron chi connectivity index (χ3n) is 3.07. The number of esters is 2. The Morgan fingerprint density at radius 3 is 2.32 bits per heavy atom. The van der Waals surface area contributed by atoms with E-state index in [-0.39, 0.29) is 9.96 Å². The molecule has 0 amide bonds. The number of ether oxygens (including phenoxy) is 2. The van der Waals surface area contributed by atoms with E-state index in [2.05, 4.69) is 4.74 Å². The van der Waals surface area contributed by atoms with Crippen molar-refractivity contribution in [2.24, 2.45) is 0 Å².